The molecule has 2 heterocycles. The number of piperazine rings is 1. The molecule has 0 aromatic heterocycles. The number of rotatable bonds is 3. The third-order valence-electron chi connectivity index (χ3n) is 4.96. The van der Waals surface area contributed by atoms with Crippen LogP contribution >= 0.6 is 0 Å². The van der Waals surface area contributed by atoms with Crippen LogP contribution in [-0.4, -0.2) is 47.6 Å². The van der Waals surface area contributed by atoms with Gasteiger partial charge < -0.3 is 15.0 Å². The molecule has 1 N–H and O–H groups in total. The second-order valence-corrected chi connectivity index (χ2v) is 6.31. The van der Waals surface area contributed by atoms with Gasteiger partial charge in [-0.1, -0.05) is 26.2 Å². The Morgan fingerprint density at radius 1 is 1.35 bits per heavy atom. The summed E-state index contributed by atoms with van der Waals surface area (Å²) in [5.41, 5.74) is -0.607. The molecule has 20 heavy (non-hydrogen) atoms. The molecular formula is C15H24N2O3. The Morgan fingerprint density at radius 3 is 2.70 bits per heavy atom. The molecule has 3 fully saturated rings. The lowest BCUT2D eigenvalue weighted by Crippen LogP contribution is -2.71. The summed E-state index contributed by atoms with van der Waals surface area (Å²) in [7, 11) is 0. The average molecular weight is 280 g/mol. The summed E-state index contributed by atoms with van der Waals surface area (Å²) < 4.78 is 5.45. The zero-order chi connectivity index (χ0) is 14.2. The molecule has 2 atom stereocenters. The van der Waals surface area contributed by atoms with Crippen LogP contribution in [0.15, 0.2) is 0 Å². The van der Waals surface area contributed by atoms with Crippen molar-refractivity contribution in [1.29, 1.82) is 0 Å². The minimum atomic E-state index is -0.607. The third-order valence-corrected chi connectivity index (χ3v) is 4.96. The molecule has 2 aliphatic heterocycles. The van der Waals surface area contributed by atoms with E-state index in [1.807, 2.05) is 4.90 Å². The molecule has 2 saturated heterocycles. The van der Waals surface area contributed by atoms with Gasteiger partial charge in [0, 0.05) is 6.61 Å². The first-order valence-electron chi connectivity index (χ1n) is 7.90. The molecule has 0 bridgehead atoms. The fraction of sp³-hybridized carbons (Fsp3) is 0.867. The van der Waals surface area contributed by atoms with Crippen molar-refractivity contribution in [2.45, 2.75) is 69.5 Å². The molecular weight excluding hydrogens is 256 g/mol. The quantitative estimate of drug-likeness (QED) is 0.845. The molecule has 0 radical (unpaired) electrons. The lowest BCUT2D eigenvalue weighted by atomic mass is 9.88. The zero-order valence-corrected chi connectivity index (χ0v) is 12.2. The summed E-state index contributed by atoms with van der Waals surface area (Å²) in [6.07, 6.45) is 6.14. The van der Waals surface area contributed by atoms with E-state index >= 15 is 0 Å². The Kier molecular flexibility index (Phi) is 3.71. The minimum absolute atomic E-state index is 0.0419. The number of amides is 2. The fourth-order valence-corrected chi connectivity index (χ4v) is 3.91. The molecule has 0 aromatic rings. The van der Waals surface area contributed by atoms with Gasteiger partial charge in [-0.05, 0) is 25.7 Å². The minimum Gasteiger partial charge on any atom is -0.379 e. The molecule has 112 valence electrons. The van der Waals surface area contributed by atoms with Crippen LogP contribution in [0.5, 0.6) is 0 Å². The number of carbonyl (C=O) groups excluding carboxylic acids is 2. The SMILES string of the molecule is CCCC1C(=O)NC2(CCCC2)C(=O)N1C1CCOC1. The maximum absolute atomic E-state index is 13.0. The van der Waals surface area contributed by atoms with Gasteiger partial charge in [-0.15, -0.1) is 0 Å². The Bertz CT molecular complexity index is 398. The van der Waals surface area contributed by atoms with Gasteiger partial charge in [0.1, 0.15) is 11.6 Å². The van der Waals surface area contributed by atoms with Gasteiger partial charge in [-0.25, -0.2) is 0 Å². The number of carbonyl (C=O) groups is 2. The predicted octanol–water partition coefficient (Wildman–Crippen LogP) is 1.22. The Labute approximate surface area is 120 Å². The maximum Gasteiger partial charge on any atom is 0.249 e. The Hall–Kier alpha value is -1.10. The largest absolute Gasteiger partial charge is 0.379 e. The highest BCUT2D eigenvalue weighted by Crippen LogP contribution is 2.37. The molecule has 2 amide bonds. The summed E-state index contributed by atoms with van der Waals surface area (Å²) in [5, 5.41) is 3.06. The number of hydrogen-bond donors (Lipinski definition) is 1. The first-order valence-corrected chi connectivity index (χ1v) is 7.90. The van der Waals surface area contributed by atoms with Crippen molar-refractivity contribution in [1.82, 2.24) is 10.2 Å². The van der Waals surface area contributed by atoms with E-state index in [2.05, 4.69) is 12.2 Å². The molecule has 0 aromatic carbocycles. The van der Waals surface area contributed by atoms with E-state index < -0.39 is 5.54 Å². The van der Waals surface area contributed by atoms with E-state index in [0.717, 1.165) is 44.9 Å². The van der Waals surface area contributed by atoms with E-state index in [1.54, 1.807) is 0 Å². The standard InChI is InChI=1S/C15H24N2O3/c1-2-5-12-13(18)16-15(7-3-4-8-15)14(19)17(12)11-6-9-20-10-11/h11-12H,2-10H2,1H3,(H,16,18). The van der Waals surface area contributed by atoms with Crippen molar-refractivity contribution in [3.8, 4) is 0 Å². The molecule has 3 aliphatic rings. The highest BCUT2D eigenvalue weighted by molar-refractivity contribution is 6.00. The van der Waals surface area contributed by atoms with Crippen LogP contribution in [0.1, 0.15) is 51.9 Å². The van der Waals surface area contributed by atoms with Crippen LogP contribution in [0.25, 0.3) is 0 Å². The van der Waals surface area contributed by atoms with Gasteiger partial charge in [0.05, 0.1) is 12.6 Å². The fourth-order valence-electron chi connectivity index (χ4n) is 3.91. The molecule has 1 aliphatic carbocycles. The van der Waals surface area contributed by atoms with Gasteiger partial charge in [0.15, 0.2) is 0 Å². The van der Waals surface area contributed by atoms with Gasteiger partial charge in [0.25, 0.3) is 0 Å². The number of nitrogens with one attached hydrogen (secondary N) is 1. The summed E-state index contributed by atoms with van der Waals surface area (Å²) >= 11 is 0. The van der Waals surface area contributed by atoms with Crippen molar-refractivity contribution in [2.24, 2.45) is 0 Å². The summed E-state index contributed by atoms with van der Waals surface area (Å²) in [5.74, 6) is 0.184. The van der Waals surface area contributed by atoms with Crippen LogP contribution in [0.4, 0.5) is 0 Å². The van der Waals surface area contributed by atoms with E-state index in [0.29, 0.717) is 13.2 Å². The van der Waals surface area contributed by atoms with Crippen LogP contribution in [0, 0.1) is 0 Å². The normalized spacial score (nSPS) is 33.0. The Balaban J connectivity index is 1.89. The van der Waals surface area contributed by atoms with E-state index in [-0.39, 0.29) is 23.9 Å². The molecule has 1 saturated carbocycles. The van der Waals surface area contributed by atoms with Gasteiger partial charge in [-0.2, -0.15) is 0 Å². The van der Waals surface area contributed by atoms with Crippen molar-refractivity contribution in [3.63, 3.8) is 0 Å². The molecule has 3 rings (SSSR count). The van der Waals surface area contributed by atoms with Crippen molar-refractivity contribution < 1.29 is 14.3 Å². The lowest BCUT2D eigenvalue weighted by molar-refractivity contribution is -0.158. The Morgan fingerprint density at radius 2 is 2.10 bits per heavy atom. The first-order chi connectivity index (χ1) is 9.68. The molecule has 5 heteroatoms. The van der Waals surface area contributed by atoms with E-state index in [9.17, 15) is 9.59 Å². The van der Waals surface area contributed by atoms with Crippen molar-refractivity contribution in [3.05, 3.63) is 0 Å². The number of nitrogens with zero attached hydrogens (tertiary/aromatic N) is 1. The van der Waals surface area contributed by atoms with Crippen molar-refractivity contribution in [2.75, 3.05) is 13.2 Å². The summed E-state index contributed by atoms with van der Waals surface area (Å²) in [6.45, 7) is 3.33. The monoisotopic (exact) mass is 280 g/mol. The highest BCUT2D eigenvalue weighted by Gasteiger charge is 2.53. The number of hydrogen-bond acceptors (Lipinski definition) is 3. The first kappa shape index (κ1) is 13.9. The topological polar surface area (TPSA) is 58.6 Å². The lowest BCUT2D eigenvalue weighted by Gasteiger charge is -2.46. The van der Waals surface area contributed by atoms with Crippen molar-refractivity contribution >= 4 is 11.8 Å². The summed E-state index contributed by atoms with van der Waals surface area (Å²) in [4.78, 5) is 27.4. The van der Waals surface area contributed by atoms with Crippen LogP contribution in [0.3, 0.4) is 0 Å². The van der Waals surface area contributed by atoms with E-state index in [1.165, 1.54) is 0 Å². The summed E-state index contributed by atoms with van der Waals surface area (Å²) in [6, 6.07) is -0.215. The molecule has 5 nitrogen and oxygen atoms in total. The molecule has 1 spiro atoms. The van der Waals surface area contributed by atoms with Crippen LogP contribution in [-0.2, 0) is 14.3 Å². The van der Waals surface area contributed by atoms with Crippen LogP contribution < -0.4 is 5.32 Å². The highest BCUT2D eigenvalue weighted by atomic mass is 16.5. The van der Waals surface area contributed by atoms with Crippen LogP contribution in [0.2, 0.25) is 0 Å². The number of ether oxygens (including phenoxy) is 1. The third kappa shape index (κ3) is 2.12. The van der Waals surface area contributed by atoms with Gasteiger partial charge >= 0.3 is 0 Å². The van der Waals surface area contributed by atoms with E-state index in [4.69, 9.17) is 4.74 Å². The smallest absolute Gasteiger partial charge is 0.249 e. The second-order valence-electron chi connectivity index (χ2n) is 6.31. The average Bonchev–Trinajstić information content (AvgIpc) is 3.08. The zero-order valence-electron chi connectivity index (χ0n) is 12.2. The van der Waals surface area contributed by atoms with Gasteiger partial charge in [-0.3, -0.25) is 9.59 Å². The van der Waals surface area contributed by atoms with Gasteiger partial charge in [0.2, 0.25) is 11.8 Å². The predicted molar refractivity (Wildman–Crippen MR) is 74.1 cm³/mol. The second kappa shape index (κ2) is 5.35. The molecule has 2 unspecified atom stereocenters. The maximum atomic E-state index is 13.0.